The van der Waals surface area contributed by atoms with Crippen LogP contribution in [0.4, 0.5) is 0 Å². The Morgan fingerprint density at radius 3 is 2.67 bits per heavy atom. The van der Waals surface area contributed by atoms with Gasteiger partial charge in [-0.25, -0.2) is 4.98 Å². The van der Waals surface area contributed by atoms with Gasteiger partial charge in [-0.1, -0.05) is 0 Å². The molecule has 0 aliphatic carbocycles. The van der Waals surface area contributed by atoms with E-state index in [1.165, 1.54) is 0 Å². The average molecular weight is 289 g/mol. The van der Waals surface area contributed by atoms with Crippen molar-refractivity contribution < 1.29 is 4.79 Å². The lowest BCUT2D eigenvalue weighted by atomic mass is 10.2. The lowest BCUT2D eigenvalue weighted by Gasteiger charge is -2.22. The van der Waals surface area contributed by atoms with Crippen molar-refractivity contribution in [2.45, 2.75) is 46.8 Å². The molecule has 6 nitrogen and oxygen atoms in total. The number of imidazole rings is 1. The van der Waals surface area contributed by atoms with E-state index in [0.717, 1.165) is 23.6 Å². The van der Waals surface area contributed by atoms with Crippen LogP contribution in [0.1, 0.15) is 37.0 Å². The van der Waals surface area contributed by atoms with Gasteiger partial charge in [0.15, 0.2) is 0 Å². The van der Waals surface area contributed by atoms with Crippen LogP contribution in [0.25, 0.3) is 0 Å². The highest BCUT2D eigenvalue weighted by Crippen LogP contribution is 2.15. The van der Waals surface area contributed by atoms with Crippen molar-refractivity contribution in [2.24, 2.45) is 0 Å². The molecule has 0 fully saturated rings. The van der Waals surface area contributed by atoms with Crippen molar-refractivity contribution in [3.05, 3.63) is 35.7 Å². The molecule has 0 spiro atoms. The number of carbonyl (C=O) groups excluding carboxylic acids is 1. The van der Waals surface area contributed by atoms with Gasteiger partial charge >= 0.3 is 0 Å². The number of likely N-dealkylation sites (N-methyl/N-ethyl adjacent to an activating group) is 1. The van der Waals surface area contributed by atoms with Crippen LogP contribution in [-0.4, -0.2) is 37.2 Å². The number of aryl methyl sites for hydroxylation is 2. The first kappa shape index (κ1) is 15.3. The zero-order valence-corrected chi connectivity index (χ0v) is 13.4. The third kappa shape index (κ3) is 2.99. The fraction of sp³-hybridized carbons (Fsp3) is 0.533. The highest BCUT2D eigenvalue weighted by Gasteiger charge is 2.21. The second kappa shape index (κ2) is 6.11. The van der Waals surface area contributed by atoms with E-state index < -0.39 is 0 Å². The minimum Gasteiger partial charge on any atom is -0.340 e. The number of hydrogen-bond donors (Lipinski definition) is 0. The summed E-state index contributed by atoms with van der Waals surface area (Å²) in [5, 5.41) is 4.32. The van der Waals surface area contributed by atoms with E-state index in [0.29, 0.717) is 6.54 Å². The van der Waals surface area contributed by atoms with Crippen molar-refractivity contribution >= 4 is 5.91 Å². The molecule has 0 saturated carbocycles. The first-order valence-electron chi connectivity index (χ1n) is 7.21. The minimum atomic E-state index is -0.251. The summed E-state index contributed by atoms with van der Waals surface area (Å²) in [7, 11) is 1.83. The minimum absolute atomic E-state index is 0.0692. The Hall–Kier alpha value is -2.11. The quantitative estimate of drug-likeness (QED) is 0.845. The Kier molecular flexibility index (Phi) is 4.45. The van der Waals surface area contributed by atoms with Gasteiger partial charge in [0.2, 0.25) is 5.91 Å². The van der Waals surface area contributed by atoms with Crippen LogP contribution in [0.5, 0.6) is 0 Å². The van der Waals surface area contributed by atoms with Crippen molar-refractivity contribution in [1.29, 1.82) is 0 Å². The number of aromatic nitrogens is 4. The van der Waals surface area contributed by atoms with E-state index in [1.807, 2.05) is 49.5 Å². The van der Waals surface area contributed by atoms with Crippen molar-refractivity contribution in [3.8, 4) is 0 Å². The molecule has 2 aromatic rings. The number of nitrogens with zero attached hydrogens (tertiary/aromatic N) is 5. The predicted molar refractivity (Wildman–Crippen MR) is 80.8 cm³/mol. The molecule has 6 heteroatoms. The summed E-state index contributed by atoms with van der Waals surface area (Å²) in [5.41, 5.74) is 2.20. The maximum Gasteiger partial charge on any atom is 0.245 e. The molecule has 1 atom stereocenters. The zero-order chi connectivity index (χ0) is 15.6. The largest absolute Gasteiger partial charge is 0.340 e. The van der Waals surface area contributed by atoms with E-state index in [9.17, 15) is 4.79 Å². The number of hydrogen-bond acceptors (Lipinski definition) is 3. The molecule has 0 saturated heterocycles. The zero-order valence-electron chi connectivity index (χ0n) is 13.4. The van der Waals surface area contributed by atoms with Gasteiger partial charge in [0, 0.05) is 43.8 Å². The molecule has 21 heavy (non-hydrogen) atoms. The van der Waals surface area contributed by atoms with Gasteiger partial charge in [-0.15, -0.1) is 0 Å². The number of carbonyl (C=O) groups is 1. The molecule has 2 rings (SSSR count). The summed E-state index contributed by atoms with van der Waals surface area (Å²) in [5.74, 6) is 0.916. The molecule has 1 amide bonds. The molecule has 0 radical (unpaired) electrons. The number of rotatable bonds is 5. The molecule has 2 aromatic heterocycles. The predicted octanol–water partition coefficient (Wildman–Crippen LogP) is 1.94. The van der Waals surface area contributed by atoms with Gasteiger partial charge in [0.05, 0.1) is 6.20 Å². The van der Waals surface area contributed by atoms with Crippen LogP contribution in [-0.2, 0) is 17.9 Å². The van der Waals surface area contributed by atoms with Crippen molar-refractivity contribution in [3.63, 3.8) is 0 Å². The second-order valence-corrected chi connectivity index (χ2v) is 5.32. The van der Waals surface area contributed by atoms with E-state index in [2.05, 4.69) is 17.0 Å². The maximum atomic E-state index is 12.5. The Morgan fingerprint density at radius 2 is 2.14 bits per heavy atom. The highest BCUT2D eigenvalue weighted by atomic mass is 16.2. The Morgan fingerprint density at radius 1 is 1.43 bits per heavy atom. The van der Waals surface area contributed by atoms with Crippen molar-refractivity contribution in [1.82, 2.24) is 24.2 Å². The first-order chi connectivity index (χ1) is 9.95. The third-order valence-electron chi connectivity index (χ3n) is 3.93. The summed E-state index contributed by atoms with van der Waals surface area (Å²) >= 11 is 0. The van der Waals surface area contributed by atoms with Crippen LogP contribution in [0, 0.1) is 13.8 Å². The Bertz CT molecular complexity index is 628. The summed E-state index contributed by atoms with van der Waals surface area (Å²) in [6, 6.07) is -0.251. The number of amides is 1. The summed E-state index contributed by atoms with van der Waals surface area (Å²) < 4.78 is 3.83. The first-order valence-corrected chi connectivity index (χ1v) is 7.21. The van der Waals surface area contributed by atoms with Crippen LogP contribution in [0.3, 0.4) is 0 Å². The average Bonchev–Trinajstić information content (AvgIpc) is 3.04. The lowest BCUT2D eigenvalue weighted by Crippen LogP contribution is -2.33. The molecule has 0 aliphatic rings. The van der Waals surface area contributed by atoms with Crippen LogP contribution in [0.2, 0.25) is 0 Å². The molecule has 0 aromatic carbocycles. The summed E-state index contributed by atoms with van der Waals surface area (Å²) in [6.45, 7) is 9.31. The molecule has 0 bridgehead atoms. The monoisotopic (exact) mass is 289 g/mol. The van der Waals surface area contributed by atoms with Crippen LogP contribution in [0.15, 0.2) is 18.6 Å². The Balaban J connectivity index is 2.09. The molecule has 2 heterocycles. The summed E-state index contributed by atoms with van der Waals surface area (Å²) in [6.07, 6.45) is 5.40. The molecule has 1 unspecified atom stereocenters. The van der Waals surface area contributed by atoms with E-state index in [4.69, 9.17) is 0 Å². The normalized spacial score (nSPS) is 12.4. The fourth-order valence-corrected chi connectivity index (χ4v) is 2.53. The fourth-order valence-electron chi connectivity index (χ4n) is 2.53. The van der Waals surface area contributed by atoms with E-state index in [-0.39, 0.29) is 11.9 Å². The van der Waals surface area contributed by atoms with Gasteiger partial charge in [-0.05, 0) is 27.7 Å². The Labute approximate surface area is 125 Å². The molecular weight excluding hydrogens is 266 g/mol. The lowest BCUT2D eigenvalue weighted by molar-refractivity contribution is -0.133. The van der Waals surface area contributed by atoms with Gasteiger partial charge in [0.25, 0.3) is 0 Å². The third-order valence-corrected chi connectivity index (χ3v) is 3.93. The summed E-state index contributed by atoms with van der Waals surface area (Å²) in [4.78, 5) is 18.5. The topological polar surface area (TPSA) is 56.0 Å². The second-order valence-electron chi connectivity index (χ2n) is 5.32. The van der Waals surface area contributed by atoms with Gasteiger partial charge in [0.1, 0.15) is 11.9 Å². The van der Waals surface area contributed by atoms with Crippen LogP contribution < -0.4 is 0 Å². The molecule has 0 aliphatic heterocycles. The van der Waals surface area contributed by atoms with Crippen molar-refractivity contribution in [2.75, 3.05) is 7.05 Å². The van der Waals surface area contributed by atoms with E-state index in [1.54, 1.807) is 11.1 Å². The molecular formula is C15H23N5O. The van der Waals surface area contributed by atoms with Gasteiger partial charge in [-0.3, -0.25) is 9.48 Å². The maximum absolute atomic E-state index is 12.5. The standard InChI is InChI=1S/C15H23N5O/c1-6-20-11(2)14(9-17-20)10-18(5)15(21)12(3)19-8-7-16-13(19)4/h7-9,12H,6,10H2,1-5H3. The van der Waals surface area contributed by atoms with Gasteiger partial charge in [-0.2, -0.15) is 5.10 Å². The highest BCUT2D eigenvalue weighted by molar-refractivity contribution is 5.79. The molecule has 114 valence electrons. The SMILES string of the molecule is CCn1ncc(CN(C)C(=O)C(C)n2ccnc2C)c1C. The van der Waals surface area contributed by atoms with Gasteiger partial charge < -0.3 is 9.47 Å². The molecule has 0 N–H and O–H groups in total. The smallest absolute Gasteiger partial charge is 0.245 e. The van der Waals surface area contributed by atoms with Crippen LogP contribution >= 0.6 is 0 Å². The van der Waals surface area contributed by atoms with E-state index >= 15 is 0 Å².